The van der Waals surface area contributed by atoms with Crippen LogP contribution in [0.3, 0.4) is 0 Å². The van der Waals surface area contributed by atoms with E-state index in [-0.39, 0.29) is 11.1 Å². The molecule has 1 aromatic carbocycles. The number of imide groups is 1. The first-order valence-electron chi connectivity index (χ1n) is 5.92. The molecule has 3 amide bonds. The lowest BCUT2D eigenvalue weighted by Crippen LogP contribution is -2.44. The Kier molecular flexibility index (Phi) is 4.37. The highest BCUT2D eigenvalue weighted by Gasteiger charge is 2.36. The van der Waals surface area contributed by atoms with E-state index in [9.17, 15) is 19.2 Å². The molecule has 1 unspecified atom stereocenters. The average molecular weight is 355 g/mol. The topological polar surface area (TPSA) is 92.8 Å². The number of benzene rings is 1. The van der Waals surface area contributed by atoms with Crippen LogP contribution in [0.5, 0.6) is 0 Å². The Morgan fingerprint density at radius 1 is 1.24 bits per heavy atom. The van der Waals surface area contributed by atoms with Crippen LogP contribution in [0, 0.1) is 0 Å². The largest absolute Gasteiger partial charge is 0.467 e. The van der Waals surface area contributed by atoms with Gasteiger partial charge in [-0.2, -0.15) is 0 Å². The summed E-state index contributed by atoms with van der Waals surface area (Å²) in [6.07, 6.45) is 0. The number of nitrogens with zero attached hydrogens (tertiary/aromatic N) is 1. The molecule has 2 rings (SSSR count). The molecular formula is C13H11BrN2O5. The molecule has 0 radical (unpaired) electrons. The van der Waals surface area contributed by atoms with Gasteiger partial charge in [-0.25, -0.2) is 4.79 Å². The molecule has 0 fully saturated rings. The quantitative estimate of drug-likeness (QED) is 0.363. The van der Waals surface area contributed by atoms with Crippen molar-refractivity contribution >= 4 is 39.6 Å². The van der Waals surface area contributed by atoms with Crippen molar-refractivity contribution in [3.8, 4) is 0 Å². The third-order valence-corrected chi connectivity index (χ3v) is 3.48. The molecule has 0 spiro atoms. The minimum atomic E-state index is -1.04. The van der Waals surface area contributed by atoms with Gasteiger partial charge in [0, 0.05) is 0 Å². The number of hydrogen-bond acceptors (Lipinski definition) is 5. The Morgan fingerprint density at radius 3 is 2.24 bits per heavy atom. The van der Waals surface area contributed by atoms with Crippen molar-refractivity contribution in [2.75, 3.05) is 13.7 Å². The molecule has 1 aliphatic rings. The van der Waals surface area contributed by atoms with Gasteiger partial charge in [-0.3, -0.25) is 19.3 Å². The van der Waals surface area contributed by atoms with Crippen LogP contribution in [0.4, 0.5) is 0 Å². The molecule has 1 aromatic rings. The van der Waals surface area contributed by atoms with Crippen molar-refractivity contribution in [2.45, 2.75) is 4.95 Å². The standard InChI is InChI=1S/C13H11BrN2O5/c1-21-13(20)10(14)15-9(17)6-16-11(18)7-4-2-3-5-8(7)12(16)19/h2-5,10H,6H2,1H3,(H,15,17). The van der Waals surface area contributed by atoms with E-state index in [0.29, 0.717) is 0 Å². The third kappa shape index (κ3) is 2.94. The number of methoxy groups -OCH3 is 1. The molecule has 7 nitrogen and oxygen atoms in total. The van der Waals surface area contributed by atoms with Crippen LogP contribution in [0.15, 0.2) is 24.3 Å². The zero-order valence-electron chi connectivity index (χ0n) is 11.0. The molecule has 0 aliphatic carbocycles. The number of nitrogens with one attached hydrogen (secondary N) is 1. The Hall–Kier alpha value is -2.22. The number of esters is 1. The van der Waals surface area contributed by atoms with Crippen molar-refractivity contribution in [3.63, 3.8) is 0 Å². The van der Waals surface area contributed by atoms with Gasteiger partial charge in [-0.1, -0.05) is 28.1 Å². The summed E-state index contributed by atoms with van der Waals surface area (Å²) in [6.45, 7) is -0.467. The monoisotopic (exact) mass is 354 g/mol. The molecule has 21 heavy (non-hydrogen) atoms. The summed E-state index contributed by atoms with van der Waals surface area (Å²) in [4.78, 5) is 46.8. The number of alkyl halides is 1. The summed E-state index contributed by atoms with van der Waals surface area (Å²) in [5.74, 6) is -2.41. The van der Waals surface area contributed by atoms with Crippen molar-refractivity contribution in [3.05, 3.63) is 35.4 Å². The maximum absolute atomic E-state index is 12.0. The maximum Gasteiger partial charge on any atom is 0.339 e. The Bertz CT molecular complexity index is 596. The van der Waals surface area contributed by atoms with Gasteiger partial charge in [-0.15, -0.1) is 0 Å². The van der Waals surface area contributed by atoms with Gasteiger partial charge >= 0.3 is 5.97 Å². The zero-order chi connectivity index (χ0) is 15.6. The third-order valence-electron chi connectivity index (χ3n) is 2.88. The number of rotatable bonds is 4. The molecular weight excluding hydrogens is 344 g/mol. The van der Waals surface area contributed by atoms with Crippen LogP contribution in [0.25, 0.3) is 0 Å². The van der Waals surface area contributed by atoms with Crippen LogP contribution in [-0.2, 0) is 14.3 Å². The first-order chi connectivity index (χ1) is 9.95. The number of hydrogen-bond donors (Lipinski definition) is 1. The first kappa shape index (κ1) is 15.2. The molecule has 1 N–H and O–H groups in total. The number of amides is 3. The predicted octanol–water partition coefficient (Wildman–Crippen LogP) is 0.293. The molecule has 1 atom stereocenters. The Labute approximate surface area is 128 Å². The van der Waals surface area contributed by atoms with Crippen LogP contribution in [0.2, 0.25) is 0 Å². The zero-order valence-corrected chi connectivity index (χ0v) is 12.5. The van der Waals surface area contributed by atoms with E-state index < -0.39 is 35.2 Å². The van der Waals surface area contributed by atoms with E-state index in [0.717, 1.165) is 4.90 Å². The highest BCUT2D eigenvalue weighted by atomic mass is 79.9. The van der Waals surface area contributed by atoms with Gasteiger partial charge in [0.25, 0.3) is 11.8 Å². The fourth-order valence-corrected chi connectivity index (χ4v) is 2.32. The average Bonchev–Trinajstić information content (AvgIpc) is 2.72. The molecule has 0 saturated heterocycles. The second-order valence-corrected chi connectivity index (χ2v) is 5.11. The van der Waals surface area contributed by atoms with E-state index in [1.54, 1.807) is 12.1 Å². The van der Waals surface area contributed by atoms with Crippen molar-refractivity contribution in [2.24, 2.45) is 0 Å². The lowest BCUT2D eigenvalue weighted by atomic mass is 10.1. The fraction of sp³-hybridized carbons (Fsp3) is 0.231. The highest BCUT2D eigenvalue weighted by molar-refractivity contribution is 9.10. The van der Waals surface area contributed by atoms with Gasteiger partial charge in [0.2, 0.25) is 5.91 Å². The number of carbonyl (C=O) groups excluding carboxylic acids is 4. The van der Waals surface area contributed by atoms with E-state index in [4.69, 9.17) is 0 Å². The summed E-state index contributed by atoms with van der Waals surface area (Å²) < 4.78 is 4.43. The van der Waals surface area contributed by atoms with Crippen LogP contribution in [-0.4, -0.2) is 47.2 Å². The summed E-state index contributed by atoms with van der Waals surface area (Å²) in [5, 5.41) is 2.28. The Balaban J connectivity index is 2.05. The molecule has 0 aromatic heterocycles. The van der Waals surface area contributed by atoms with Gasteiger partial charge in [0.05, 0.1) is 18.2 Å². The van der Waals surface area contributed by atoms with Gasteiger partial charge in [0.1, 0.15) is 6.54 Å². The lowest BCUT2D eigenvalue weighted by Gasteiger charge is -2.15. The second kappa shape index (κ2) is 6.04. The minimum absolute atomic E-state index is 0.263. The van der Waals surface area contributed by atoms with E-state index in [2.05, 4.69) is 26.0 Å². The predicted molar refractivity (Wildman–Crippen MR) is 74.7 cm³/mol. The van der Waals surface area contributed by atoms with Crippen LogP contribution >= 0.6 is 15.9 Å². The number of fused-ring (bicyclic) bond motifs is 1. The smallest absolute Gasteiger partial charge is 0.339 e. The summed E-state index contributed by atoms with van der Waals surface area (Å²) >= 11 is 2.92. The van der Waals surface area contributed by atoms with Crippen LogP contribution < -0.4 is 5.32 Å². The summed E-state index contributed by atoms with van der Waals surface area (Å²) in [7, 11) is 1.17. The molecule has 0 bridgehead atoms. The minimum Gasteiger partial charge on any atom is -0.467 e. The lowest BCUT2D eigenvalue weighted by molar-refractivity contribution is -0.142. The van der Waals surface area contributed by atoms with Gasteiger partial charge < -0.3 is 10.1 Å². The fourth-order valence-electron chi connectivity index (χ4n) is 1.88. The number of halogens is 1. The maximum atomic E-state index is 12.0. The van der Waals surface area contributed by atoms with Gasteiger partial charge in [-0.05, 0) is 12.1 Å². The van der Waals surface area contributed by atoms with E-state index in [1.165, 1.54) is 19.2 Å². The van der Waals surface area contributed by atoms with E-state index >= 15 is 0 Å². The van der Waals surface area contributed by atoms with E-state index in [1.807, 2.05) is 0 Å². The first-order valence-corrected chi connectivity index (χ1v) is 6.83. The summed E-state index contributed by atoms with van der Waals surface area (Å²) in [5.41, 5.74) is 0.525. The number of ether oxygens (including phenoxy) is 1. The van der Waals surface area contributed by atoms with Crippen molar-refractivity contribution in [1.82, 2.24) is 10.2 Å². The van der Waals surface area contributed by atoms with Crippen LogP contribution in [0.1, 0.15) is 20.7 Å². The second-order valence-electron chi connectivity index (χ2n) is 4.20. The molecule has 0 saturated carbocycles. The Morgan fingerprint density at radius 2 is 1.76 bits per heavy atom. The van der Waals surface area contributed by atoms with Crippen molar-refractivity contribution in [1.29, 1.82) is 0 Å². The highest BCUT2D eigenvalue weighted by Crippen LogP contribution is 2.21. The molecule has 110 valence electrons. The SMILES string of the molecule is COC(=O)C(Br)NC(=O)CN1C(=O)c2ccccc2C1=O. The molecule has 1 heterocycles. The molecule has 8 heteroatoms. The normalized spacial score (nSPS) is 14.7. The van der Waals surface area contributed by atoms with Crippen molar-refractivity contribution < 1.29 is 23.9 Å². The summed E-state index contributed by atoms with van der Waals surface area (Å²) in [6, 6.07) is 6.32. The van der Waals surface area contributed by atoms with Gasteiger partial charge in [0.15, 0.2) is 4.95 Å². The number of carbonyl (C=O) groups is 4. The molecule has 1 aliphatic heterocycles.